The highest BCUT2D eigenvalue weighted by atomic mass is 16.4. The lowest BCUT2D eigenvalue weighted by Gasteiger charge is -2.28. The molecule has 0 radical (unpaired) electrons. The third-order valence-corrected chi connectivity index (χ3v) is 5.26. The Kier molecular flexibility index (Phi) is 5.44. The van der Waals surface area contributed by atoms with Gasteiger partial charge in [0.2, 0.25) is 5.91 Å². The van der Waals surface area contributed by atoms with Gasteiger partial charge in [0.15, 0.2) is 0 Å². The summed E-state index contributed by atoms with van der Waals surface area (Å²) in [4.78, 5) is 23.0. The van der Waals surface area contributed by atoms with Crippen LogP contribution in [0.4, 0.5) is 0 Å². The zero-order valence-corrected chi connectivity index (χ0v) is 12.4. The van der Waals surface area contributed by atoms with E-state index in [1.54, 1.807) is 0 Å². The van der Waals surface area contributed by atoms with E-state index in [1.807, 2.05) is 0 Å². The van der Waals surface area contributed by atoms with E-state index in [0.717, 1.165) is 18.9 Å². The molecule has 2 aliphatic carbocycles. The van der Waals surface area contributed by atoms with E-state index < -0.39 is 5.97 Å². The Morgan fingerprint density at radius 2 is 1.60 bits per heavy atom. The summed E-state index contributed by atoms with van der Waals surface area (Å²) in [5, 5.41) is 12.0. The second kappa shape index (κ2) is 7.09. The van der Waals surface area contributed by atoms with Crippen molar-refractivity contribution in [1.82, 2.24) is 5.32 Å². The molecule has 2 saturated carbocycles. The van der Waals surface area contributed by atoms with Crippen molar-refractivity contribution in [3.63, 3.8) is 0 Å². The number of amides is 1. The van der Waals surface area contributed by atoms with Gasteiger partial charge < -0.3 is 10.4 Å². The molecule has 0 bridgehead atoms. The summed E-state index contributed by atoms with van der Waals surface area (Å²) in [6, 6.07) is 0. The van der Waals surface area contributed by atoms with Gasteiger partial charge in [-0.05, 0) is 43.9 Å². The van der Waals surface area contributed by atoms with Crippen molar-refractivity contribution in [2.75, 3.05) is 6.54 Å². The molecule has 2 unspecified atom stereocenters. The molecule has 114 valence electrons. The number of hydrogen-bond acceptors (Lipinski definition) is 2. The summed E-state index contributed by atoms with van der Waals surface area (Å²) in [5.41, 5.74) is 0. The number of aliphatic carboxylic acids is 1. The van der Waals surface area contributed by atoms with Crippen LogP contribution in [0.2, 0.25) is 0 Å². The number of rotatable bonds is 5. The first-order chi connectivity index (χ1) is 9.60. The Labute approximate surface area is 121 Å². The van der Waals surface area contributed by atoms with Gasteiger partial charge >= 0.3 is 5.97 Å². The summed E-state index contributed by atoms with van der Waals surface area (Å²) in [5.74, 6) is 0.435. The van der Waals surface area contributed by atoms with Crippen LogP contribution < -0.4 is 5.32 Å². The Balaban J connectivity index is 1.67. The molecule has 0 heterocycles. The van der Waals surface area contributed by atoms with Gasteiger partial charge in [-0.15, -0.1) is 0 Å². The second-order valence-corrected chi connectivity index (χ2v) is 6.59. The molecule has 20 heavy (non-hydrogen) atoms. The molecule has 0 spiro atoms. The number of nitrogens with one attached hydrogen (secondary N) is 1. The molecule has 1 amide bonds. The molecule has 2 atom stereocenters. The molecule has 2 fully saturated rings. The quantitative estimate of drug-likeness (QED) is 0.814. The molecule has 0 aliphatic heterocycles. The zero-order valence-electron chi connectivity index (χ0n) is 12.4. The van der Waals surface area contributed by atoms with Gasteiger partial charge in [0, 0.05) is 12.5 Å². The van der Waals surface area contributed by atoms with Crippen LogP contribution in [0.1, 0.15) is 58.3 Å². The molecule has 0 aromatic rings. The van der Waals surface area contributed by atoms with Crippen molar-refractivity contribution in [2.45, 2.75) is 58.3 Å². The van der Waals surface area contributed by atoms with Crippen molar-refractivity contribution < 1.29 is 14.7 Å². The Morgan fingerprint density at radius 1 is 1.00 bits per heavy atom. The molecule has 0 aromatic heterocycles. The van der Waals surface area contributed by atoms with Crippen LogP contribution in [0, 0.1) is 23.7 Å². The van der Waals surface area contributed by atoms with Crippen LogP contribution in [0.15, 0.2) is 0 Å². The minimum Gasteiger partial charge on any atom is -0.481 e. The fourth-order valence-corrected chi connectivity index (χ4v) is 3.68. The minimum absolute atomic E-state index is 0.0753. The second-order valence-electron chi connectivity index (χ2n) is 6.59. The van der Waals surface area contributed by atoms with Gasteiger partial charge in [-0.25, -0.2) is 0 Å². The first-order valence-electron chi connectivity index (χ1n) is 8.10. The molecular weight excluding hydrogens is 254 g/mol. The number of carbonyl (C=O) groups excluding carboxylic acids is 1. The van der Waals surface area contributed by atoms with E-state index in [0.29, 0.717) is 18.8 Å². The summed E-state index contributed by atoms with van der Waals surface area (Å²) in [6.45, 7) is 3.04. The van der Waals surface area contributed by atoms with Crippen LogP contribution in [0.5, 0.6) is 0 Å². The first-order valence-corrected chi connectivity index (χ1v) is 8.10. The number of carboxylic acids is 1. The fraction of sp³-hybridized carbons (Fsp3) is 0.875. The smallest absolute Gasteiger partial charge is 0.306 e. The fourth-order valence-electron chi connectivity index (χ4n) is 3.68. The Morgan fingerprint density at radius 3 is 2.15 bits per heavy atom. The van der Waals surface area contributed by atoms with Gasteiger partial charge in [-0.3, -0.25) is 9.59 Å². The predicted molar refractivity (Wildman–Crippen MR) is 77.2 cm³/mol. The lowest BCUT2D eigenvalue weighted by Crippen LogP contribution is -2.35. The average molecular weight is 281 g/mol. The van der Waals surface area contributed by atoms with Crippen LogP contribution >= 0.6 is 0 Å². The van der Waals surface area contributed by atoms with E-state index in [4.69, 9.17) is 5.11 Å². The van der Waals surface area contributed by atoms with Crippen LogP contribution in [-0.2, 0) is 9.59 Å². The van der Waals surface area contributed by atoms with E-state index in [-0.39, 0.29) is 17.7 Å². The van der Waals surface area contributed by atoms with E-state index in [9.17, 15) is 9.59 Å². The summed E-state index contributed by atoms with van der Waals surface area (Å²) < 4.78 is 0. The molecular formula is C16H27NO3. The highest BCUT2D eigenvalue weighted by Crippen LogP contribution is 2.32. The molecule has 4 nitrogen and oxygen atoms in total. The molecule has 2 rings (SSSR count). The van der Waals surface area contributed by atoms with Gasteiger partial charge in [-0.1, -0.05) is 26.2 Å². The van der Waals surface area contributed by atoms with E-state index in [2.05, 4.69) is 12.2 Å². The van der Waals surface area contributed by atoms with Gasteiger partial charge in [0.25, 0.3) is 0 Å². The van der Waals surface area contributed by atoms with Crippen molar-refractivity contribution in [3.05, 3.63) is 0 Å². The lowest BCUT2D eigenvalue weighted by atomic mass is 9.81. The third kappa shape index (κ3) is 3.97. The zero-order chi connectivity index (χ0) is 14.5. The average Bonchev–Trinajstić information content (AvgIpc) is 2.95. The Bertz CT molecular complexity index is 348. The van der Waals surface area contributed by atoms with Crippen molar-refractivity contribution in [2.24, 2.45) is 23.7 Å². The minimum atomic E-state index is -0.752. The summed E-state index contributed by atoms with van der Waals surface area (Å²) >= 11 is 0. The maximum atomic E-state index is 12.1. The largest absolute Gasteiger partial charge is 0.481 e. The normalized spacial score (nSPS) is 33.9. The van der Waals surface area contributed by atoms with Gasteiger partial charge in [0.05, 0.1) is 5.92 Å². The third-order valence-electron chi connectivity index (χ3n) is 5.26. The summed E-state index contributed by atoms with van der Waals surface area (Å²) in [7, 11) is 0. The predicted octanol–water partition coefficient (Wildman–Crippen LogP) is 2.82. The number of carboxylic acid groups (broad SMARTS) is 1. The lowest BCUT2D eigenvalue weighted by molar-refractivity contribution is -0.141. The molecule has 4 heteroatoms. The number of hydrogen-bond donors (Lipinski definition) is 2. The molecule has 2 N–H and O–H groups in total. The van der Waals surface area contributed by atoms with Crippen LogP contribution in [-0.4, -0.2) is 23.5 Å². The maximum absolute atomic E-state index is 12.1. The molecule has 0 aromatic carbocycles. The monoisotopic (exact) mass is 281 g/mol. The van der Waals surface area contributed by atoms with E-state index in [1.165, 1.54) is 32.1 Å². The van der Waals surface area contributed by atoms with Gasteiger partial charge in [0.1, 0.15) is 0 Å². The van der Waals surface area contributed by atoms with Crippen molar-refractivity contribution in [3.8, 4) is 0 Å². The van der Waals surface area contributed by atoms with Crippen LogP contribution in [0.25, 0.3) is 0 Å². The SMILES string of the molecule is CCC1CCC(CNC(=O)C2CCC(C(=O)O)C2)CC1. The highest BCUT2D eigenvalue weighted by molar-refractivity contribution is 5.80. The first kappa shape index (κ1) is 15.3. The molecule has 0 saturated heterocycles. The van der Waals surface area contributed by atoms with Crippen LogP contribution in [0.3, 0.4) is 0 Å². The topological polar surface area (TPSA) is 66.4 Å². The van der Waals surface area contributed by atoms with Crippen molar-refractivity contribution >= 4 is 11.9 Å². The summed E-state index contributed by atoms with van der Waals surface area (Å²) in [6.07, 6.45) is 8.20. The highest BCUT2D eigenvalue weighted by Gasteiger charge is 2.34. The van der Waals surface area contributed by atoms with Gasteiger partial charge in [-0.2, -0.15) is 0 Å². The molecule has 2 aliphatic rings. The maximum Gasteiger partial charge on any atom is 0.306 e. The standard InChI is InChI=1S/C16H27NO3/c1-2-11-3-5-12(6-4-11)10-17-15(18)13-7-8-14(9-13)16(19)20/h11-14H,2-10H2,1H3,(H,17,18)(H,19,20). The Hall–Kier alpha value is -1.06. The van der Waals surface area contributed by atoms with Crippen molar-refractivity contribution in [1.29, 1.82) is 0 Å². The van der Waals surface area contributed by atoms with E-state index >= 15 is 0 Å². The number of carbonyl (C=O) groups is 2.